The van der Waals surface area contributed by atoms with Gasteiger partial charge in [0.15, 0.2) is 0 Å². The van der Waals surface area contributed by atoms with Crippen LogP contribution in [0.5, 0.6) is 0 Å². The molecule has 0 saturated heterocycles. The molecule has 5 rings (SSSR count). The average molecular weight is 665 g/mol. The second kappa shape index (κ2) is 11.9. The molecule has 2 fully saturated rings. The molecule has 2 aromatic carbocycles. The summed E-state index contributed by atoms with van der Waals surface area (Å²) in [5, 5.41) is 22.8. The Morgan fingerprint density at radius 3 is 2.06 bits per heavy atom. The van der Waals surface area contributed by atoms with Gasteiger partial charge in [0, 0.05) is 31.4 Å². The van der Waals surface area contributed by atoms with E-state index >= 15 is 0 Å². The van der Waals surface area contributed by atoms with Gasteiger partial charge in [-0.15, -0.1) is 35.9 Å². The molecule has 4 heteroatoms. The smallest absolute Gasteiger partial charge is 0.0646 e. The van der Waals surface area contributed by atoms with Crippen molar-refractivity contribution in [2.24, 2.45) is 22.7 Å². The molecule has 3 nitrogen and oxygen atoms in total. The molecule has 2 unspecified atom stereocenters. The Hall–Kier alpha value is -1.58. The van der Waals surface area contributed by atoms with E-state index in [4.69, 9.17) is 0 Å². The van der Waals surface area contributed by atoms with E-state index in [2.05, 4.69) is 69.9 Å². The number of hydrogen-bond donors (Lipinski definition) is 2. The number of aromatic nitrogens is 1. The molecule has 2 aliphatic rings. The van der Waals surface area contributed by atoms with Crippen LogP contribution < -0.4 is 0 Å². The number of hydrogen-bond acceptors (Lipinski definition) is 3. The van der Waals surface area contributed by atoms with Gasteiger partial charge in [0.1, 0.15) is 0 Å². The van der Waals surface area contributed by atoms with Crippen LogP contribution in [-0.2, 0) is 20.1 Å². The van der Waals surface area contributed by atoms with E-state index in [-0.39, 0.29) is 49.1 Å². The largest absolute Gasteiger partial charge is 0.392 e. The Labute approximate surface area is 231 Å². The van der Waals surface area contributed by atoms with Crippen LogP contribution in [0.2, 0.25) is 0 Å². The second-order valence-corrected chi connectivity index (χ2v) is 12.1. The first-order valence-corrected chi connectivity index (χ1v) is 13.3. The monoisotopic (exact) mass is 665 g/mol. The summed E-state index contributed by atoms with van der Waals surface area (Å²) in [4.78, 5) is 4.68. The van der Waals surface area contributed by atoms with Gasteiger partial charge >= 0.3 is 0 Å². The average Bonchev–Trinajstić information content (AvgIpc) is 3.02. The van der Waals surface area contributed by atoms with Crippen molar-refractivity contribution in [3.8, 4) is 11.3 Å². The molecule has 0 aliphatic heterocycles. The molecule has 2 atom stereocenters. The summed E-state index contributed by atoms with van der Waals surface area (Å²) in [6.45, 7) is 10.7. The quantitative estimate of drug-likeness (QED) is 0.267. The summed E-state index contributed by atoms with van der Waals surface area (Å²) in [6, 6.07) is 21.5. The molecule has 36 heavy (non-hydrogen) atoms. The van der Waals surface area contributed by atoms with Crippen molar-refractivity contribution in [1.29, 1.82) is 0 Å². The Kier molecular flexibility index (Phi) is 9.55. The molecule has 1 aromatic heterocycles. The fourth-order valence-electron chi connectivity index (χ4n) is 6.21. The number of fused-ring (bicyclic) bond motifs is 2. The van der Waals surface area contributed by atoms with Crippen molar-refractivity contribution in [2.45, 2.75) is 85.4 Å². The zero-order chi connectivity index (χ0) is 25.2. The fraction of sp³-hybridized carbons (Fsp3) is 0.531. The van der Waals surface area contributed by atoms with Gasteiger partial charge in [-0.2, -0.15) is 0 Å². The Morgan fingerprint density at radius 2 is 1.47 bits per heavy atom. The van der Waals surface area contributed by atoms with Crippen molar-refractivity contribution < 1.29 is 30.3 Å². The number of benzene rings is 2. The topological polar surface area (TPSA) is 53.4 Å². The molecule has 3 aromatic rings. The summed E-state index contributed by atoms with van der Waals surface area (Å²) < 4.78 is 0. The Balaban J connectivity index is 0.000000195. The van der Waals surface area contributed by atoms with E-state index in [0.29, 0.717) is 5.92 Å². The maximum atomic E-state index is 10.8. The maximum Gasteiger partial charge on any atom is 0.0646 e. The predicted octanol–water partition coefficient (Wildman–Crippen LogP) is 7.37. The van der Waals surface area contributed by atoms with Crippen LogP contribution in [0.1, 0.15) is 71.8 Å². The van der Waals surface area contributed by atoms with Crippen LogP contribution in [-0.4, -0.2) is 27.4 Å². The summed E-state index contributed by atoms with van der Waals surface area (Å²) in [5.41, 5.74) is 4.21. The van der Waals surface area contributed by atoms with Crippen molar-refractivity contribution in [3.05, 3.63) is 66.2 Å². The third-order valence-electron chi connectivity index (χ3n) is 8.60. The summed E-state index contributed by atoms with van der Waals surface area (Å²) in [5.74, 6) is 0.582. The first kappa shape index (κ1) is 29.0. The van der Waals surface area contributed by atoms with E-state index in [0.717, 1.165) is 29.6 Å². The zero-order valence-corrected chi connectivity index (χ0v) is 24.8. The van der Waals surface area contributed by atoms with Gasteiger partial charge in [0.25, 0.3) is 0 Å². The van der Waals surface area contributed by atoms with Gasteiger partial charge in [-0.1, -0.05) is 64.8 Å². The van der Waals surface area contributed by atoms with E-state index in [1.54, 1.807) is 0 Å². The molecular weight excluding hydrogens is 623 g/mol. The molecular formula is C32H42IrNO2-. The molecule has 1 heterocycles. The second-order valence-electron chi connectivity index (χ2n) is 12.1. The molecule has 0 amide bonds. The first-order valence-electron chi connectivity index (χ1n) is 13.3. The first-order chi connectivity index (χ1) is 16.6. The van der Waals surface area contributed by atoms with Crippen LogP contribution in [0.15, 0.2) is 54.6 Å². The molecule has 0 spiro atoms. The molecule has 1 radical (unpaired) electrons. The van der Waals surface area contributed by atoms with Gasteiger partial charge in [-0.3, -0.25) is 4.98 Å². The van der Waals surface area contributed by atoms with Gasteiger partial charge in [0.05, 0.1) is 17.7 Å². The van der Waals surface area contributed by atoms with Gasteiger partial charge in [-0.05, 0) is 66.7 Å². The number of aliphatic hydroxyl groups excluding tert-OH is 2. The van der Waals surface area contributed by atoms with Crippen molar-refractivity contribution in [3.63, 3.8) is 0 Å². The predicted molar refractivity (Wildman–Crippen MR) is 145 cm³/mol. The minimum Gasteiger partial charge on any atom is -0.392 e. The molecule has 2 saturated carbocycles. The number of aliphatic hydroxyl groups is 2. The van der Waals surface area contributed by atoms with E-state index < -0.39 is 0 Å². The third-order valence-corrected chi connectivity index (χ3v) is 8.60. The zero-order valence-electron chi connectivity index (χ0n) is 22.4. The molecule has 2 aliphatic carbocycles. The van der Waals surface area contributed by atoms with Crippen LogP contribution in [0, 0.1) is 35.7 Å². The standard InChI is InChI=1S/C16H12N.C16H30O2.Ir/c1-12-6-5-9-16-14(12)10-11-15(17-16)13-7-3-2-4-8-13;1-15(2)9-5-7-11-8-6-10-16(3,4)14(18)12(11)13(15)17;/h2-7,9-11H,1H3;11-14,17-18H,5-10H2,1-4H3;/q-1;;. The molecule has 197 valence electrons. The van der Waals surface area contributed by atoms with Gasteiger partial charge in [0.2, 0.25) is 0 Å². The number of nitrogens with zero attached hydrogens (tertiary/aromatic N) is 1. The Bertz CT molecular complexity index is 1100. The van der Waals surface area contributed by atoms with Crippen LogP contribution in [0.4, 0.5) is 0 Å². The SMILES string of the molecule is CC1(C)CCCC2CCCC(C)(C)C(O)C2C1O.Cc1cccc2nc(-c3[c-]cccc3)ccc12.[Ir]. The van der Waals surface area contributed by atoms with Gasteiger partial charge < -0.3 is 10.2 Å². The van der Waals surface area contributed by atoms with Crippen LogP contribution >= 0.6 is 0 Å². The van der Waals surface area contributed by atoms with E-state index in [1.165, 1.54) is 36.6 Å². The van der Waals surface area contributed by atoms with Crippen LogP contribution in [0.3, 0.4) is 0 Å². The summed E-state index contributed by atoms with van der Waals surface area (Å²) in [7, 11) is 0. The third kappa shape index (κ3) is 6.27. The van der Waals surface area contributed by atoms with Gasteiger partial charge in [-0.25, -0.2) is 0 Å². The maximum absolute atomic E-state index is 10.8. The number of rotatable bonds is 1. The van der Waals surface area contributed by atoms with E-state index in [9.17, 15) is 10.2 Å². The number of pyridine rings is 1. The molecule has 0 bridgehead atoms. The van der Waals surface area contributed by atoms with Crippen LogP contribution in [0.25, 0.3) is 22.2 Å². The molecule has 2 N–H and O–H groups in total. The Morgan fingerprint density at radius 1 is 0.833 bits per heavy atom. The normalized spacial score (nSPS) is 26.9. The van der Waals surface area contributed by atoms with E-state index in [1.807, 2.05) is 30.3 Å². The summed E-state index contributed by atoms with van der Waals surface area (Å²) in [6.07, 6.45) is 6.17. The minimum absolute atomic E-state index is 0. The summed E-state index contributed by atoms with van der Waals surface area (Å²) >= 11 is 0. The van der Waals surface area contributed by atoms with Crippen molar-refractivity contribution in [1.82, 2.24) is 4.98 Å². The minimum atomic E-state index is -0.364. The number of aryl methyl sites for hydroxylation is 1. The fourth-order valence-corrected chi connectivity index (χ4v) is 6.21. The van der Waals surface area contributed by atoms with Crippen molar-refractivity contribution >= 4 is 10.9 Å². The van der Waals surface area contributed by atoms with Crippen molar-refractivity contribution in [2.75, 3.05) is 0 Å².